The smallest absolute Gasteiger partial charge is 0.188 e. The van der Waals surface area contributed by atoms with Crippen LogP contribution in [0.15, 0.2) is 29.3 Å². The molecule has 0 bridgehead atoms. The number of likely N-dealkylation sites (tertiary alicyclic amines) is 1. The first-order valence-electron chi connectivity index (χ1n) is 8.52. The third-order valence-electron chi connectivity index (χ3n) is 4.16. The van der Waals surface area contributed by atoms with Gasteiger partial charge in [-0.1, -0.05) is 26.0 Å². The molecule has 0 spiro atoms. The van der Waals surface area contributed by atoms with E-state index in [1.807, 2.05) is 12.1 Å². The van der Waals surface area contributed by atoms with Crippen molar-refractivity contribution >= 4 is 5.96 Å². The predicted molar refractivity (Wildman–Crippen MR) is 95.9 cm³/mol. The maximum atomic E-state index is 6.00. The van der Waals surface area contributed by atoms with Crippen molar-refractivity contribution in [1.29, 1.82) is 0 Å². The number of methoxy groups -OCH3 is 1. The molecule has 0 aliphatic carbocycles. The van der Waals surface area contributed by atoms with Gasteiger partial charge in [-0.2, -0.15) is 0 Å². The number of aliphatic imine (C=N–C) groups is 1. The third kappa shape index (κ3) is 5.43. The van der Waals surface area contributed by atoms with Gasteiger partial charge in [0.2, 0.25) is 0 Å². The summed E-state index contributed by atoms with van der Waals surface area (Å²) < 4.78 is 5.37. The molecule has 1 atom stereocenters. The van der Waals surface area contributed by atoms with Gasteiger partial charge in [-0.15, -0.1) is 0 Å². The second-order valence-corrected chi connectivity index (χ2v) is 6.54. The average molecular weight is 318 g/mol. The average Bonchev–Trinajstić information content (AvgIpc) is 3.07. The summed E-state index contributed by atoms with van der Waals surface area (Å²) in [5.74, 6) is 1.95. The van der Waals surface area contributed by atoms with E-state index in [4.69, 9.17) is 10.5 Å². The number of hydrogen-bond donors (Lipinski definition) is 2. The number of nitrogens with two attached hydrogens (primary N) is 1. The van der Waals surface area contributed by atoms with E-state index in [0.29, 0.717) is 17.9 Å². The number of benzene rings is 1. The molecule has 1 aliphatic heterocycles. The van der Waals surface area contributed by atoms with E-state index in [9.17, 15) is 0 Å². The van der Waals surface area contributed by atoms with Gasteiger partial charge in [0.05, 0.1) is 13.2 Å². The molecule has 1 aromatic carbocycles. The maximum absolute atomic E-state index is 6.00. The predicted octanol–water partition coefficient (Wildman–Crippen LogP) is 2.39. The lowest BCUT2D eigenvalue weighted by molar-refractivity contribution is 0.245. The van der Waals surface area contributed by atoms with E-state index in [1.54, 1.807) is 7.11 Å². The quantitative estimate of drug-likeness (QED) is 0.598. The highest BCUT2D eigenvalue weighted by atomic mass is 16.5. The Labute approximate surface area is 139 Å². The van der Waals surface area contributed by atoms with Gasteiger partial charge >= 0.3 is 0 Å². The number of rotatable bonds is 7. The van der Waals surface area contributed by atoms with Crippen LogP contribution < -0.4 is 15.8 Å². The molecule has 0 aromatic heterocycles. The molecule has 1 unspecified atom stereocenters. The number of hydrogen-bond acceptors (Lipinski definition) is 3. The molecular weight excluding hydrogens is 288 g/mol. The highest BCUT2D eigenvalue weighted by molar-refractivity contribution is 5.77. The zero-order valence-corrected chi connectivity index (χ0v) is 14.6. The van der Waals surface area contributed by atoms with Crippen LogP contribution in [0.2, 0.25) is 0 Å². The van der Waals surface area contributed by atoms with Gasteiger partial charge < -0.3 is 15.8 Å². The van der Waals surface area contributed by atoms with E-state index < -0.39 is 0 Å². The largest absolute Gasteiger partial charge is 0.497 e. The summed E-state index contributed by atoms with van der Waals surface area (Å²) in [6, 6.07) is 8.60. The van der Waals surface area contributed by atoms with Gasteiger partial charge in [0.1, 0.15) is 5.75 Å². The Kier molecular flexibility index (Phi) is 6.71. The minimum atomic E-state index is 0.292. The summed E-state index contributed by atoms with van der Waals surface area (Å²) in [6.07, 6.45) is 2.52. The van der Waals surface area contributed by atoms with Crippen LogP contribution in [0.5, 0.6) is 5.75 Å². The molecule has 1 aliphatic rings. The van der Waals surface area contributed by atoms with Crippen molar-refractivity contribution in [3.63, 3.8) is 0 Å². The normalized spacial score (nSPS) is 17.5. The second kappa shape index (κ2) is 8.77. The lowest BCUT2D eigenvalue weighted by Gasteiger charge is -2.28. The minimum Gasteiger partial charge on any atom is -0.497 e. The molecule has 1 aromatic rings. The molecule has 5 nitrogen and oxygen atoms in total. The Morgan fingerprint density at radius 1 is 1.35 bits per heavy atom. The topological polar surface area (TPSA) is 62.9 Å². The van der Waals surface area contributed by atoms with E-state index in [2.05, 4.69) is 41.2 Å². The van der Waals surface area contributed by atoms with Crippen LogP contribution in [0, 0.1) is 5.92 Å². The molecule has 3 N–H and O–H groups in total. The molecule has 1 saturated heterocycles. The molecule has 0 radical (unpaired) electrons. The summed E-state index contributed by atoms with van der Waals surface area (Å²) in [6.45, 7) is 8.06. The van der Waals surface area contributed by atoms with Crippen molar-refractivity contribution in [2.45, 2.75) is 32.7 Å². The zero-order valence-electron chi connectivity index (χ0n) is 14.6. The summed E-state index contributed by atoms with van der Waals surface area (Å²) in [4.78, 5) is 6.90. The van der Waals surface area contributed by atoms with Crippen LogP contribution in [0.25, 0.3) is 0 Å². The van der Waals surface area contributed by atoms with E-state index in [-0.39, 0.29) is 0 Å². The first kappa shape index (κ1) is 17.6. The fraction of sp³-hybridized carbons (Fsp3) is 0.611. The summed E-state index contributed by atoms with van der Waals surface area (Å²) >= 11 is 0. The third-order valence-corrected chi connectivity index (χ3v) is 4.16. The molecule has 2 rings (SSSR count). The molecule has 5 heteroatoms. The molecule has 1 heterocycles. The number of nitrogens with zero attached hydrogens (tertiary/aromatic N) is 2. The van der Waals surface area contributed by atoms with Crippen LogP contribution in [-0.2, 0) is 0 Å². The van der Waals surface area contributed by atoms with Crippen LogP contribution >= 0.6 is 0 Å². The van der Waals surface area contributed by atoms with E-state index in [0.717, 1.165) is 31.9 Å². The summed E-state index contributed by atoms with van der Waals surface area (Å²) in [7, 11) is 1.71. The molecule has 0 amide bonds. The Bertz CT molecular complexity index is 509. The molecule has 128 valence electrons. The van der Waals surface area contributed by atoms with Gasteiger partial charge in [0.25, 0.3) is 0 Å². The van der Waals surface area contributed by atoms with Crippen molar-refractivity contribution in [3.8, 4) is 5.75 Å². The molecule has 0 saturated carbocycles. The fourth-order valence-corrected chi connectivity index (χ4v) is 2.90. The monoisotopic (exact) mass is 318 g/mol. The number of ether oxygens (including phenoxy) is 1. The number of nitrogens with one attached hydrogen (secondary N) is 1. The van der Waals surface area contributed by atoms with Crippen molar-refractivity contribution in [2.75, 3.05) is 33.3 Å². The first-order chi connectivity index (χ1) is 11.1. The van der Waals surface area contributed by atoms with E-state index in [1.165, 1.54) is 18.4 Å². The first-order valence-corrected chi connectivity index (χ1v) is 8.52. The van der Waals surface area contributed by atoms with Crippen molar-refractivity contribution in [1.82, 2.24) is 10.2 Å². The standard InChI is InChI=1S/C18H30N4O/c1-14(2)12-20-18(19)21-13-17(22-9-4-5-10-22)15-7-6-8-16(11-15)23-3/h6-8,11,14,17H,4-5,9-10,12-13H2,1-3H3,(H3,19,20,21). The molecule has 1 fully saturated rings. The summed E-state index contributed by atoms with van der Waals surface area (Å²) in [5, 5.41) is 3.30. The van der Waals surface area contributed by atoms with Gasteiger partial charge in [-0.05, 0) is 49.5 Å². The minimum absolute atomic E-state index is 0.292. The van der Waals surface area contributed by atoms with Gasteiger partial charge in [-0.25, -0.2) is 0 Å². The Balaban J connectivity index is 2.06. The van der Waals surface area contributed by atoms with Crippen LogP contribution in [0.4, 0.5) is 0 Å². The van der Waals surface area contributed by atoms with Gasteiger partial charge in [0.15, 0.2) is 5.96 Å². The maximum Gasteiger partial charge on any atom is 0.188 e. The molecule has 23 heavy (non-hydrogen) atoms. The van der Waals surface area contributed by atoms with Crippen molar-refractivity contribution in [3.05, 3.63) is 29.8 Å². The van der Waals surface area contributed by atoms with Gasteiger partial charge in [-0.3, -0.25) is 9.89 Å². The number of guanidine groups is 1. The zero-order chi connectivity index (χ0) is 16.7. The Morgan fingerprint density at radius 2 is 2.09 bits per heavy atom. The Morgan fingerprint density at radius 3 is 2.74 bits per heavy atom. The lowest BCUT2D eigenvalue weighted by Crippen LogP contribution is -2.40. The lowest BCUT2D eigenvalue weighted by atomic mass is 10.1. The van der Waals surface area contributed by atoms with Gasteiger partial charge in [0, 0.05) is 13.1 Å². The van der Waals surface area contributed by atoms with Crippen LogP contribution in [0.3, 0.4) is 0 Å². The molecular formula is C18H30N4O. The van der Waals surface area contributed by atoms with Crippen molar-refractivity contribution in [2.24, 2.45) is 16.6 Å². The fourth-order valence-electron chi connectivity index (χ4n) is 2.90. The van der Waals surface area contributed by atoms with Crippen LogP contribution in [0.1, 0.15) is 38.3 Å². The second-order valence-electron chi connectivity index (χ2n) is 6.54. The Hall–Kier alpha value is -1.75. The van der Waals surface area contributed by atoms with Crippen molar-refractivity contribution < 1.29 is 4.74 Å². The SMILES string of the molecule is COc1cccc(C(CNC(N)=NCC(C)C)N2CCCC2)c1. The van der Waals surface area contributed by atoms with Crippen LogP contribution in [-0.4, -0.2) is 44.1 Å². The highest BCUT2D eigenvalue weighted by Gasteiger charge is 2.23. The summed E-state index contributed by atoms with van der Waals surface area (Å²) in [5.41, 5.74) is 7.26. The van der Waals surface area contributed by atoms with E-state index >= 15 is 0 Å². The highest BCUT2D eigenvalue weighted by Crippen LogP contribution is 2.27.